The first-order valence-electron chi connectivity index (χ1n) is 6.82. The number of ether oxygens (including phenoxy) is 1. The van der Waals surface area contributed by atoms with Crippen LogP contribution in [-0.4, -0.2) is 25.9 Å². The van der Waals surface area contributed by atoms with E-state index in [1.54, 1.807) is 11.0 Å². The molecule has 5 nitrogen and oxygen atoms in total. The normalized spacial score (nSPS) is 11.1. The first-order chi connectivity index (χ1) is 9.78. The van der Waals surface area contributed by atoms with Gasteiger partial charge in [-0.1, -0.05) is 6.92 Å². The summed E-state index contributed by atoms with van der Waals surface area (Å²) in [4.78, 5) is 4.26. The highest BCUT2D eigenvalue weighted by molar-refractivity contribution is 5.81. The number of hydrogen-bond donors (Lipinski definition) is 0. The van der Waals surface area contributed by atoms with E-state index in [4.69, 9.17) is 4.74 Å². The molecule has 5 heteroatoms. The van der Waals surface area contributed by atoms with Gasteiger partial charge in [-0.05, 0) is 30.7 Å². The van der Waals surface area contributed by atoms with Crippen molar-refractivity contribution in [1.29, 1.82) is 0 Å². The summed E-state index contributed by atoms with van der Waals surface area (Å²) >= 11 is 0. The minimum absolute atomic E-state index is 0.717. The van der Waals surface area contributed by atoms with Crippen LogP contribution in [0.5, 0.6) is 5.75 Å². The van der Waals surface area contributed by atoms with Crippen molar-refractivity contribution in [2.45, 2.75) is 19.9 Å². The fourth-order valence-electron chi connectivity index (χ4n) is 2.24. The van der Waals surface area contributed by atoms with Gasteiger partial charge in [-0.2, -0.15) is 5.10 Å². The molecular formula is C15H18N4O. The van der Waals surface area contributed by atoms with Crippen LogP contribution in [0.25, 0.3) is 10.9 Å². The van der Waals surface area contributed by atoms with Crippen LogP contribution in [0, 0.1) is 0 Å². The summed E-state index contributed by atoms with van der Waals surface area (Å²) in [5.41, 5.74) is 1.18. The van der Waals surface area contributed by atoms with Gasteiger partial charge in [-0.3, -0.25) is 4.68 Å². The van der Waals surface area contributed by atoms with Crippen molar-refractivity contribution < 1.29 is 4.74 Å². The Morgan fingerprint density at radius 3 is 2.90 bits per heavy atom. The zero-order chi connectivity index (χ0) is 13.9. The highest BCUT2D eigenvalue weighted by Crippen LogP contribution is 2.22. The highest BCUT2D eigenvalue weighted by atomic mass is 16.5. The Bertz CT molecular complexity index is 714. The molecule has 3 rings (SSSR count). The first kappa shape index (κ1) is 12.7. The van der Waals surface area contributed by atoms with Crippen LogP contribution >= 0.6 is 0 Å². The van der Waals surface area contributed by atoms with E-state index >= 15 is 0 Å². The Balaban J connectivity index is 1.88. The van der Waals surface area contributed by atoms with Crippen molar-refractivity contribution >= 4 is 10.9 Å². The van der Waals surface area contributed by atoms with Crippen molar-refractivity contribution in [3.63, 3.8) is 0 Å². The predicted molar refractivity (Wildman–Crippen MR) is 77.8 cm³/mol. The highest BCUT2D eigenvalue weighted by Gasteiger charge is 2.06. The Morgan fingerprint density at radius 1 is 1.25 bits per heavy atom. The number of nitrogens with zero attached hydrogens (tertiary/aromatic N) is 4. The summed E-state index contributed by atoms with van der Waals surface area (Å²) in [6.07, 6.45) is 4.67. The van der Waals surface area contributed by atoms with Gasteiger partial charge < -0.3 is 9.30 Å². The molecular weight excluding hydrogens is 252 g/mol. The average molecular weight is 270 g/mol. The molecule has 0 radical (unpaired) electrons. The van der Waals surface area contributed by atoms with Crippen LogP contribution in [0.2, 0.25) is 0 Å². The van der Waals surface area contributed by atoms with Crippen LogP contribution in [0.4, 0.5) is 0 Å². The van der Waals surface area contributed by atoms with Crippen molar-refractivity contribution in [2.24, 2.45) is 7.05 Å². The van der Waals surface area contributed by atoms with Gasteiger partial charge in [0.1, 0.15) is 17.9 Å². The minimum Gasteiger partial charge on any atom is -0.494 e. The summed E-state index contributed by atoms with van der Waals surface area (Å²) in [7, 11) is 1.91. The van der Waals surface area contributed by atoms with Crippen LogP contribution < -0.4 is 4.74 Å². The van der Waals surface area contributed by atoms with Gasteiger partial charge in [0.25, 0.3) is 0 Å². The smallest absolute Gasteiger partial charge is 0.146 e. The third-order valence-corrected chi connectivity index (χ3v) is 3.33. The molecule has 0 unspecified atom stereocenters. The van der Waals surface area contributed by atoms with E-state index in [-0.39, 0.29) is 0 Å². The molecule has 0 N–H and O–H groups in total. The van der Waals surface area contributed by atoms with Gasteiger partial charge in [0.05, 0.1) is 13.2 Å². The van der Waals surface area contributed by atoms with Gasteiger partial charge in [-0.15, -0.1) is 0 Å². The summed E-state index contributed by atoms with van der Waals surface area (Å²) in [6.45, 7) is 3.58. The van der Waals surface area contributed by atoms with E-state index in [2.05, 4.69) is 46.0 Å². The average Bonchev–Trinajstić information content (AvgIpc) is 3.04. The molecule has 2 heterocycles. The number of rotatable bonds is 5. The van der Waals surface area contributed by atoms with E-state index in [1.165, 1.54) is 10.9 Å². The van der Waals surface area contributed by atoms with Crippen LogP contribution in [0.15, 0.2) is 36.8 Å². The topological polar surface area (TPSA) is 44.9 Å². The molecule has 0 saturated heterocycles. The fourth-order valence-corrected chi connectivity index (χ4v) is 2.24. The molecule has 2 aromatic heterocycles. The van der Waals surface area contributed by atoms with Crippen LogP contribution in [0.1, 0.15) is 19.2 Å². The molecule has 0 bridgehead atoms. The molecule has 0 aliphatic rings. The lowest BCUT2D eigenvalue weighted by Gasteiger charge is -2.07. The number of aryl methyl sites for hydroxylation is 1. The Hall–Kier alpha value is -2.30. The minimum atomic E-state index is 0.717. The summed E-state index contributed by atoms with van der Waals surface area (Å²) < 4.78 is 9.63. The first-order valence-corrected chi connectivity index (χ1v) is 6.82. The molecule has 0 atom stereocenters. The van der Waals surface area contributed by atoms with Gasteiger partial charge in [0.15, 0.2) is 0 Å². The van der Waals surface area contributed by atoms with E-state index in [1.807, 2.05) is 13.1 Å². The number of hydrogen-bond acceptors (Lipinski definition) is 3. The lowest BCUT2D eigenvalue weighted by molar-refractivity contribution is 0.318. The summed E-state index contributed by atoms with van der Waals surface area (Å²) in [5, 5.41) is 5.28. The maximum Gasteiger partial charge on any atom is 0.146 e. The molecule has 20 heavy (non-hydrogen) atoms. The Morgan fingerprint density at radius 2 is 2.15 bits per heavy atom. The summed E-state index contributed by atoms with van der Waals surface area (Å²) in [5.74, 6) is 1.87. The molecule has 1 aromatic carbocycles. The Labute approximate surface area is 117 Å². The lowest BCUT2D eigenvalue weighted by atomic mass is 10.2. The van der Waals surface area contributed by atoms with E-state index in [9.17, 15) is 0 Å². The second-order valence-electron chi connectivity index (χ2n) is 4.81. The molecule has 0 saturated carbocycles. The number of aromatic nitrogens is 4. The van der Waals surface area contributed by atoms with E-state index in [0.29, 0.717) is 0 Å². The predicted octanol–water partition coefficient (Wildman–Crippen LogP) is 2.61. The van der Waals surface area contributed by atoms with E-state index < -0.39 is 0 Å². The monoisotopic (exact) mass is 270 g/mol. The third kappa shape index (κ3) is 2.39. The zero-order valence-corrected chi connectivity index (χ0v) is 11.8. The largest absolute Gasteiger partial charge is 0.494 e. The molecule has 0 aliphatic carbocycles. The fraction of sp³-hybridized carbons (Fsp3) is 0.333. The quantitative estimate of drug-likeness (QED) is 0.716. The van der Waals surface area contributed by atoms with Crippen molar-refractivity contribution in [3.05, 3.63) is 42.6 Å². The molecule has 0 aliphatic heterocycles. The van der Waals surface area contributed by atoms with E-state index in [0.717, 1.165) is 31.1 Å². The molecule has 0 fully saturated rings. The Kier molecular flexibility index (Phi) is 3.41. The SMILES string of the molecule is CCCOc1ccc2c(ccn2Cc2ncnn2C)c1. The van der Waals surface area contributed by atoms with Crippen molar-refractivity contribution in [1.82, 2.24) is 19.3 Å². The van der Waals surface area contributed by atoms with Gasteiger partial charge in [0, 0.05) is 24.1 Å². The van der Waals surface area contributed by atoms with Gasteiger partial charge in [0.2, 0.25) is 0 Å². The maximum atomic E-state index is 5.66. The second-order valence-corrected chi connectivity index (χ2v) is 4.81. The van der Waals surface area contributed by atoms with Crippen LogP contribution in [-0.2, 0) is 13.6 Å². The van der Waals surface area contributed by atoms with Crippen LogP contribution in [0.3, 0.4) is 0 Å². The van der Waals surface area contributed by atoms with Crippen molar-refractivity contribution in [3.8, 4) is 5.75 Å². The van der Waals surface area contributed by atoms with Gasteiger partial charge >= 0.3 is 0 Å². The van der Waals surface area contributed by atoms with Crippen molar-refractivity contribution in [2.75, 3.05) is 6.61 Å². The standard InChI is InChI=1S/C15H18N4O/c1-3-8-20-13-4-5-14-12(9-13)6-7-19(14)10-15-16-11-17-18(15)2/h4-7,9,11H,3,8,10H2,1-2H3. The summed E-state index contributed by atoms with van der Waals surface area (Å²) in [6, 6.07) is 8.30. The molecule has 0 amide bonds. The number of fused-ring (bicyclic) bond motifs is 1. The lowest BCUT2D eigenvalue weighted by Crippen LogP contribution is -2.05. The number of benzene rings is 1. The molecule has 104 valence electrons. The maximum absolute atomic E-state index is 5.66. The third-order valence-electron chi connectivity index (χ3n) is 3.33. The molecule has 3 aromatic rings. The molecule has 0 spiro atoms. The zero-order valence-electron chi connectivity index (χ0n) is 11.8. The van der Waals surface area contributed by atoms with Gasteiger partial charge in [-0.25, -0.2) is 4.98 Å². The second kappa shape index (κ2) is 5.36.